The Labute approximate surface area is 227 Å². The number of halogens is 2. The van der Waals surface area contributed by atoms with Crippen LogP contribution in [0.2, 0.25) is 10.0 Å². The largest absolute Gasteiger partial charge is 0.478 e. The number of pyridine rings is 1. The van der Waals surface area contributed by atoms with Gasteiger partial charge in [-0.05, 0) is 57.4 Å². The van der Waals surface area contributed by atoms with E-state index in [4.69, 9.17) is 37.4 Å². The second-order valence-electron chi connectivity index (χ2n) is 9.97. The number of carbonyl (C=O) groups is 1. The van der Waals surface area contributed by atoms with Crippen molar-refractivity contribution in [1.82, 2.24) is 15.1 Å². The lowest BCUT2D eigenvalue weighted by molar-refractivity contribution is -0.132. The number of hydrogen-bond acceptors (Lipinski definition) is 8. The quantitative estimate of drug-likeness (QED) is 0.353. The molecule has 0 aliphatic heterocycles. The van der Waals surface area contributed by atoms with E-state index < -0.39 is 11.6 Å². The number of ether oxygens (including phenoxy) is 1. The number of hydrogen-bond donors (Lipinski definition) is 2. The number of fused-ring (bicyclic) bond motifs is 1. The summed E-state index contributed by atoms with van der Waals surface area (Å²) in [6.07, 6.45) is 10.3. The van der Waals surface area contributed by atoms with Crippen LogP contribution in [0.25, 0.3) is 17.3 Å². The van der Waals surface area contributed by atoms with Gasteiger partial charge in [0.1, 0.15) is 22.1 Å². The Morgan fingerprint density at radius 2 is 1.89 bits per heavy atom. The molecule has 3 aromatic rings. The molecule has 8 nitrogen and oxygen atoms in total. The van der Waals surface area contributed by atoms with Crippen LogP contribution in [-0.2, 0) is 28.2 Å². The van der Waals surface area contributed by atoms with E-state index in [1.165, 1.54) is 23.7 Å². The Kier molecular flexibility index (Phi) is 6.61. The van der Waals surface area contributed by atoms with Crippen molar-refractivity contribution in [1.29, 1.82) is 0 Å². The van der Waals surface area contributed by atoms with Crippen molar-refractivity contribution in [3.8, 4) is 11.3 Å². The number of aliphatic carboxylic acids is 1. The van der Waals surface area contributed by atoms with Gasteiger partial charge in [-0.2, -0.15) is 0 Å². The highest BCUT2D eigenvalue weighted by atomic mass is 35.5. The molecule has 2 N–H and O–H groups in total. The average Bonchev–Trinajstić information content (AvgIpc) is 3.49. The normalized spacial score (nSPS) is 23.5. The first kappa shape index (κ1) is 25.0. The molecule has 0 spiro atoms. The number of aromatic nitrogens is 3. The van der Waals surface area contributed by atoms with Gasteiger partial charge in [0.25, 0.3) is 0 Å². The number of carboxylic acid groups (broad SMARTS) is 1. The summed E-state index contributed by atoms with van der Waals surface area (Å²) in [5, 5.41) is 26.5. The van der Waals surface area contributed by atoms with Crippen molar-refractivity contribution in [2.45, 2.75) is 75.6 Å². The Hall–Kier alpha value is -2.30. The first-order valence-electron chi connectivity index (χ1n) is 12.4. The van der Waals surface area contributed by atoms with E-state index in [2.05, 4.69) is 10.1 Å². The predicted octanol–water partition coefficient (Wildman–Crippen LogP) is 6.14. The lowest BCUT2D eigenvalue weighted by atomic mass is 9.83. The number of thiazole rings is 1. The standard InChI is InChI=1S/C26H25Cl2N3O5S/c27-17-10-29-11-18(28)21(17)22-16(23(36-31-22)13-1-2-13)12-35-15-5-7-26(34,8-6-15)25-30-19-4-3-14(24(32)33)9-20(19)37-25/h9-11,13,15,34H,1-8,12H2,(H,32,33). The molecular formula is C26H25Cl2N3O5S. The monoisotopic (exact) mass is 561 g/mol. The van der Waals surface area contributed by atoms with Gasteiger partial charge in [0.05, 0.1) is 33.3 Å². The van der Waals surface area contributed by atoms with Gasteiger partial charge in [0, 0.05) is 35.0 Å². The fourth-order valence-electron chi connectivity index (χ4n) is 5.12. The summed E-state index contributed by atoms with van der Waals surface area (Å²) in [6, 6.07) is 0. The molecule has 0 bridgehead atoms. The molecule has 3 aliphatic carbocycles. The summed E-state index contributed by atoms with van der Waals surface area (Å²) in [6.45, 7) is 0.317. The van der Waals surface area contributed by atoms with E-state index in [9.17, 15) is 15.0 Å². The topological polar surface area (TPSA) is 119 Å². The van der Waals surface area contributed by atoms with Gasteiger partial charge >= 0.3 is 5.97 Å². The van der Waals surface area contributed by atoms with E-state index in [1.54, 1.807) is 6.08 Å². The van der Waals surface area contributed by atoms with Crippen molar-refractivity contribution in [3.63, 3.8) is 0 Å². The van der Waals surface area contributed by atoms with E-state index in [1.807, 2.05) is 0 Å². The second-order valence-corrected chi connectivity index (χ2v) is 11.8. The molecule has 37 heavy (non-hydrogen) atoms. The van der Waals surface area contributed by atoms with Crippen LogP contribution >= 0.6 is 34.5 Å². The minimum absolute atomic E-state index is 0.0356. The first-order chi connectivity index (χ1) is 17.8. The summed E-state index contributed by atoms with van der Waals surface area (Å²) in [4.78, 5) is 20.9. The molecule has 3 aromatic heterocycles. The van der Waals surface area contributed by atoms with Crippen molar-refractivity contribution in [2.24, 2.45) is 0 Å². The third-order valence-corrected chi connectivity index (χ3v) is 9.23. The van der Waals surface area contributed by atoms with Crippen LogP contribution in [0, 0.1) is 0 Å². The first-order valence-corrected chi connectivity index (χ1v) is 14.0. The number of rotatable bonds is 7. The zero-order valence-electron chi connectivity index (χ0n) is 19.9. The zero-order chi connectivity index (χ0) is 25.7. The van der Waals surface area contributed by atoms with E-state index in [-0.39, 0.29) is 6.10 Å². The number of nitrogens with zero attached hydrogens (tertiary/aromatic N) is 3. The van der Waals surface area contributed by atoms with Gasteiger partial charge in [-0.1, -0.05) is 28.4 Å². The smallest absolute Gasteiger partial charge is 0.331 e. The molecule has 2 saturated carbocycles. The molecule has 3 aliphatic rings. The molecule has 11 heteroatoms. The molecule has 0 atom stereocenters. The Balaban J connectivity index is 1.15. The maximum Gasteiger partial charge on any atom is 0.331 e. The molecule has 6 rings (SSSR count). The summed E-state index contributed by atoms with van der Waals surface area (Å²) in [7, 11) is 0. The van der Waals surface area contributed by atoms with Gasteiger partial charge in [-0.25, -0.2) is 9.78 Å². The summed E-state index contributed by atoms with van der Waals surface area (Å²) < 4.78 is 12.1. The molecule has 0 amide bonds. The minimum atomic E-state index is -1.03. The average molecular weight is 562 g/mol. The summed E-state index contributed by atoms with van der Waals surface area (Å²) in [5.74, 6) is 0.266. The molecule has 0 aromatic carbocycles. The van der Waals surface area contributed by atoms with Gasteiger partial charge in [0.2, 0.25) is 0 Å². The summed E-state index contributed by atoms with van der Waals surface area (Å²) in [5.41, 5.74) is 2.29. The van der Waals surface area contributed by atoms with Crippen molar-refractivity contribution >= 4 is 46.6 Å². The second kappa shape index (κ2) is 9.78. The Morgan fingerprint density at radius 1 is 1.16 bits per heavy atom. The molecule has 194 valence electrons. The molecule has 2 fully saturated rings. The third-order valence-electron chi connectivity index (χ3n) is 7.42. The zero-order valence-corrected chi connectivity index (χ0v) is 22.2. The maximum atomic E-state index is 11.4. The molecule has 3 heterocycles. The number of carboxylic acids is 1. The fraction of sp³-hybridized carbons (Fsp3) is 0.462. The molecule has 0 radical (unpaired) electrons. The van der Waals surface area contributed by atoms with Crippen molar-refractivity contribution in [3.05, 3.63) is 54.9 Å². The minimum Gasteiger partial charge on any atom is -0.478 e. The number of aliphatic hydroxyl groups is 1. The van der Waals surface area contributed by atoms with Crippen molar-refractivity contribution < 1.29 is 24.3 Å². The van der Waals surface area contributed by atoms with E-state index in [0.717, 1.165) is 34.7 Å². The Bertz CT molecular complexity index is 1370. The van der Waals surface area contributed by atoms with Crippen LogP contribution in [0.5, 0.6) is 0 Å². The lowest BCUT2D eigenvalue weighted by Crippen LogP contribution is -2.34. The Morgan fingerprint density at radius 3 is 2.57 bits per heavy atom. The van der Waals surface area contributed by atoms with Crippen LogP contribution in [0.15, 0.2) is 22.5 Å². The van der Waals surface area contributed by atoms with Crippen LogP contribution in [-0.4, -0.2) is 37.4 Å². The van der Waals surface area contributed by atoms with Crippen LogP contribution < -0.4 is 0 Å². The van der Waals surface area contributed by atoms with Crippen LogP contribution in [0.1, 0.15) is 77.8 Å². The highest BCUT2D eigenvalue weighted by molar-refractivity contribution is 7.12. The van der Waals surface area contributed by atoms with Gasteiger partial charge < -0.3 is 19.5 Å². The SMILES string of the molecule is O=C(O)C1=Cc2sc(C3(O)CCC(OCc4c(-c5c(Cl)cncc5Cl)noc4C4CC4)CC3)nc2CC1. The highest BCUT2D eigenvalue weighted by Gasteiger charge is 2.39. The van der Waals surface area contributed by atoms with E-state index >= 15 is 0 Å². The summed E-state index contributed by atoms with van der Waals surface area (Å²) >= 11 is 14.2. The highest BCUT2D eigenvalue weighted by Crippen LogP contribution is 2.47. The fourth-order valence-corrected chi connectivity index (χ4v) is 6.89. The number of aryl methyl sites for hydroxylation is 1. The van der Waals surface area contributed by atoms with E-state index in [0.29, 0.717) is 82.9 Å². The molecular weight excluding hydrogens is 537 g/mol. The predicted molar refractivity (Wildman–Crippen MR) is 139 cm³/mol. The van der Waals surface area contributed by atoms with Gasteiger partial charge in [0.15, 0.2) is 0 Å². The van der Waals surface area contributed by atoms with Crippen molar-refractivity contribution in [2.75, 3.05) is 0 Å². The molecule has 0 saturated heterocycles. The molecule has 0 unspecified atom stereocenters. The van der Waals surface area contributed by atoms with Gasteiger partial charge in [-0.15, -0.1) is 11.3 Å². The van der Waals surface area contributed by atoms with Crippen LogP contribution in [0.4, 0.5) is 0 Å². The van der Waals surface area contributed by atoms with Gasteiger partial charge in [-0.3, -0.25) is 4.98 Å². The lowest BCUT2D eigenvalue weighted by Gasteiger charge is -2.34. The third kappa shape index (κ3) is 4.83. The van der Waals surface area contributed by atoms with Crippen LogP contribution in [0.3, 0.4) is 0 Å². The maximum absolute atomic E-state index is 11.4.